The number of hydrogen-bond donors (Lipinski definition) is 1. The van der Waals surface area contributed by atoms with E-state index in [2.05, 4.69) is 19.9 Å². The fraction of sp³-hybridized carbons (Fsp3) is 0.706. The van der Waals surface area contributed by atoms with Gasteiger partial charge in [-0.3, -0.25) is 4.55 Å². The molecule has 0 heterocycles. The normalized spacial score (nSPS) is 12.0. The van der Waals surface area contributed by atoms with Gasteiger partial charge in [-0.25, -0.2) is 0 Å². The molecule has 0 unspecified atom stereocenters. The SMILES string of the molecule is CCCCCCCCCCCCc1cccc2c(S(=O)(=O)O)ccc(CCCCCCCCCCCC)c12. The van der Waals surface area contributed by atoms with Crippen LogP contribution in [0.15, 0.2) is 35.2 Å². The van der Waals surface area contributed by atoms with E-state index in [1.165, 1.54) is 127 Å². The fourth-order valence-corrected chi connectivity index (χ4v) is 6.47. The number of unbranched alkanes of at least 4 members (excludes halogenated alkanes) is 18. The Hall–Kier alpha value is -1.39. The molecule has 1 N–H and O–H groups in total. The first kappa shape index (κ1) is 32.8. The Morgan fingerprint density at radius 3 is 1.34 bits per heavy atom. The van der Waals surface area contributed by atoms with Crippen LogP contribution in [0, 0.1) is 0 Å². The van der Waals surface area contributed by atoms with E-state index in [0.29, 0.717) is 5.39 Å². The standard InChI is InChI=1S/C34H56O3S/c1-3-5-7-9-11-13-15-17-19-21-24-30-26-23-27-32-33(38(35,36)37)29-28-31(34(30)32)25-22-20-18-16-14-12-10-8-6-4-2/h23,26-29H,3-22,24-25H2,1-2H3,(H,35,36,37). The lowest BCUT2D eigenvalue weighted by Crippen LogP contribution is -2.02. The first-order chi connectivity index (χ1) is 18.5. The van der Waals surface area contributed by atoms with Crippen LogP contribution in [0.3, 0.4) is 0 Å². The maximum absolute atomic E-state index is 12.1. The summed E-state index contributed by atoms with van der Waals surface area (Å²) >= 11 is 0. The van der Waals surface area contributed by atoms with Crippen molar-refractivity contribution in [3.05, 3.63) is 41.5 Å². The highest BCUT2D eigenvalue weighted by molar-refractivity contribution is 7.86. The Kier molecular flexibility index (Phi) is 17.0. The van der Waals surface area contributed by atoms with Crippen molar-refractivity contribution in [2.75, 3.05) is 0 Å². The van der Waals surface area contributed by atoms with Crippen molar-refractivity contribution in [1.82, 2.24) is 0 Å². The molecule has 38 heavy (non-hydrogen) atoms. The summed E-state index contributed by atoms with van der Waals surface area (Å²) in [5.74, 6) is 0. The van der Waals surface area contributed by atoms with Crippen molar-refractivity contribution >= 4 is 20.9 Å². The summed E-state index contributed by atoms with van der Waals surface area (Å²) in [6.45, 7) is 4.53. The molecular formula is C34H56O3S. The molecule has 3 nitrogen and oxygen atoms in total. The lowest BCUT2D eigenvalue weighted by molar-refractivity contribution is 0.484. The zero-order chi connectivity index (χ0) is 27.5. The predicted molar refractivity (Wildman–Crippen MR) is 165 cm³/mol. The Labute approximate surface area is 235 Å². The van der Waals surface area contributed by atoms with Crippen molar-refractivity contribution in [2.45, 2.75) is 160 Å². The molecule has 0 aliphatic rings. The maximum Gasteiger partial charge on any atom is 0.295 e. The molecule has 0 atom stereocenters. The summed E-state index contributed by atoms with van der Waals surface area (Å²) in [6, 6.07) is 9.52. The van der Waals surface area contributed by atoms with Crippen LogP contribution in [0.4, 0.5) is 0 Å². The molecule has 2 rings (SSSR count). The van der Waals surface area contributed by atoms with Gasteiger partial charge in [-0.2, -0.15) is 8.42 Å². The Morgan fingerprint density at radius 1 is 0.526 bits per heavy atom. The van der Waals surface area contributed by atoms with Gasteiger partial charge in [-0.15, -0.1) is 0 Å². The highest BCUT2D eigenvalue weighted by Gasteiger charge is 2.17. The van der Waals surface area contributed by atoms with Crippen molar-refractivity contribution < 1.29 is 13.0 Å². The van der Waals surface area contributed by atoms with E-state index in [0.717, 1.165) is 31.1 Å². The molecule has 2 aromatic rings. The van der Waals surface area contributed by atoms with Gasteiger partial charge in [-0.1, -0.05) is 154 Å². The van der Waals surface area contributed by atoms with Crippen LogP contribution >= 0.6 is 0 Å². The Balaban J connectivity index is 1.90. The minimum Gasteiger partial charge on any atom is -0.282 e. The number of benzene rings is 2. The van der Waals surface area contributed by atoms with E-state index >= 15 is 0 Å². The summed E-state index contributed by atoms with van der Waals surface area (Å²) in [5.41, 5.74) is 2.46. The third kappa shape index (κ3) is 12.6. The van der Waals surface area contributed by atoms with E-state index in [1.807, 2.05) is 18.2 Å². The van der Waals surface area contributed by atoms with E-state index in [1.54, 1.807) is 6.07 Å². The van der Waals surface area contributed by atoms with Gasteiger partial charge in [0.05, 0.1) is 0 Å². The van der Waals surface area contributed by atoms with Crippen LogP contribution in [0.5, 0.6) is 0 Å². The second kappa shape index (κ2) is 19.6. The Bertz CT molecular complexity index is 966. The zero-order valence-corrected chi connectivity index (χ0v) is 25.4. The van der Waals surface area contributed by atoms with E-state index in [4.69, 9.17) is 0 Å². The fourth-order valence-electron chi connectivity index (χ4n) is 5.78. The van der Waals surface area contributed by atoms with Crippen molar-refractivity contribution in [3.8, 4) is 0 Å². The number of rotatable bonds is 23. The van der Waals surface area contributed by atoms with Gasteiger partial charge in [0.25, 0.3) is 10.1 Å². The summed E-state index contributed by atoms with van der Waals surface area (Å²) in [6.07, 6.45) is 28.1. The largest absolute Gasteiger partial charge is 0.295 e. The van der Waals surface area contributed by atoms with Gasteiger partial charge in [0.1, 0.15) is 4.90 Å². The summed E-state index contributed by atoms with van der Waals surface area (Å²) < 4.78 is 34.1. The molecular weight excluding hydrogens is 488 g/mol. The van der Waals surface area contributed by atoms with E-state index < -0.39 is 10.1 Å². The highest BCUT2D eigenvalue weighted by Crippen LogP contribution is 2.31. The van der Waals surface area contributed by atoms with Gasteiger partial charge in [0, 0.05) is 5.39 Å². The molecule has 0 bridgehead atoms. The summed E-state index contributed by atoms with van der Waals surface area (Å²) in [7, 11) is -4.25. The second-order valence-corrected chi connectivity index (χ2v) is 12.8. The second-order valence-electron chi connectivity index (χ2n) is 11.4. The molecule has 0 radical (unpaired) electrons. The molecule has 0 amide bonds. The minimum atomic E-state index is -4.25. The average molecular weight is 545 g/mol. The van der Waals surface area contributed by atoms with Gasteiger partial charge in [0.2, 0.25) is 0 Å². The molecule has 2 aromatic carbocycles. The van der Waals surface area contributed by atoms with Crippen molar-refractivity contribution in [3.63, 3.8) is 0 Å². The predicted octanol–water partition coefficient (Wildman–Crippen LogP) is 11.0. The smallest absolute Gasteiger partial charge is 0.282 e. The van der Waals surface area contributed by atoms with E-state index in [-0.39, 0.29) is 4.90 Å². The molecule has 0 saturated carbocycles. The van der Waals surface area contributed by atoms with Crippen LogP contribution in [0.1, 0.15) is 153 Å². The monoisotopic (exact) mass is 544 g/mol. The van der Waals surface area contributed by atoms with Crippen molar-refractivity contribution in [2.24, 2.45) is 0 Å². The number of hydrogen-bond acceptors (Lipinski definition) is 2. The molecule has 0 saturated heterocycles. The molecule has 4 heteroatoms. The molecule has 0 aromatic heterocycles. The molecule has 0 spiro atoms. The lowest BCUT2D eigenvalue weighted by atomic mass is 9.93. The summed E-state index contributed by atoms with van der Waals surface area (Å²) in [5, 5.41) is 1.75. The zero-order valence-electron chi connectivity index (χ0n) is 24.6. The van der Waals surface area contributed by atoms with Gasteiger partial charge in [-0.05, 0) is 48.3 Å². The van der Waals surface area contributed by atoms with Crippen LogP contribution in [-0.4, -0.2) is 13.0 Å². The minimum absolute atomic E-state index is 0.0456. The third-order valence-corrected chi connectivity index (χ3v) is 8.96. The quantitative estimate of drug-likeness (QED) is 0.112. The van der Waals surface area contributed by atoms with Gasteiger partial charge >= 0.3 is 0 Å². The number of aryl methyl sites for hydroxylation is 2. The Morgan fingerprint density at radius 2 is 0.921 bits per heavy atom. The molecule has 0 fully saturated rings. The molecule has 0 aliphatic carbocycles. The molecule has 0 aliphatic heterocycles. The highest BCUT2D eigenvalue weighted by atomic mass is 32.2. The van der Waals surface area contributed by atoms with Crippen LogP contribution in [0.2, 0.25) is 0 Å². The van der Waals surface area contributed by atoms with Crippen LogP contribution < -0.4 is 0 Å². The van der Waals surface area contributed by atoms with E-state index in [9.17, 15) is 13.0 Å². The van der Waals surface area contributed by atoms with Crippen LogP contribution in [-0.2, 0) is 23.0 Å². The first-order valence-electron chi connectivity index (χ1n) is 16.0. The number of fused-ring (bicyclic) bond motifs is 1. The first-order valence-corrected chi connectivity index (χ1v) is 17.4. The third-order valence-electron chi connectivity index (χ3n) is 8.05. The maximum atomic E-state index is 12.1. The van der Waals surface area contributed by atoms with Crippen molar-refractivity contribution in [1.29, 1.82) is 0 Å². The molecule has 216 valence electrons. The lowest BCUT2D eigenvalue weighted by Gasteiger charge is -2.14. The summed E-state index contributed by atoms with van der Waals surface area (Å²) in [4.78, 5) is 0.0456. The average Bonchev–Trinajstić information content (AvgIpc) is 2.90. The van der Waals surface area contributed by atoms with Gasteiger partial charge in [0.15, 0.2) is 0 Å². The van der Waals surface area contributed by atoms with Crippen LogP contribution in [0.25, 0.3) is 10.8 Å². The topological polar surface area (TPSA) is 54.4 Å². The van der Waals surface area contributed by atoms with Gasteiger partial charge < -0.3 is 0 Å².